The molecule has 0 atom stereocenters. The minimum Gasteiger partial charge on any atom is -0.403 e. The van der Waals surface area contributed by atoms with Crippen LogP contribution < -0.4 is 11.1 Å². The van der Waals surface area contributed by atoms with Crippen molar-refractivity contribution in [2.24, 2.45) is 5.73 Å². The highest BCUT2D eigenvalue weighted by atomic mass is 35.5. The van der Waals surface area contributed by atoms with Crippen molar-refractivity contribution in [1.29, 1.82) is 0 Å². The van der Waals surface area contributed by atoms with Gasteiger partial charge in [-0.25, -0.2) is 9.97 Å². The zero-order chi connectivity index (χ0) is 19.6. The number of aromatic nitrogens is 2. The monoisotopic (exact) mass is 397 g/mol. The third kappa shape index (κ3) is 3.82. The third-order valence-corrected chi connectivity index (χ3v) is 4.55. The SMILES string of the molecule is N/C=C\Nc1ncnc2c1CCN(C(=O)c1cccc(C(F)(F)F)c1Cl)C2. The van der Waals surface area contributed by atoms with Gasteiger partial charge in [-0.3, -0.25) is 4.79 Å². The van der Waals surface area contributed by atoms with Crippen LogP contribution in [-0.2, 0) is 19.1 Å². The van der Waals surface area contributed by atoms with Crippen molar-refractivity contribution in [3.05, 3.63) is 64.3 Å². The van der Waals surface area contributed by atoms with Crippen molar-refractivity contribution in [2.75, 3.05) is 11.9 Å². The Labute approximate surface area is 157 Å². The summed E-state index contributed by atoms with van der Waals surface area (Å²) in [5.41, 5.74) is 5.52. The van der Waals surface area contributed by atoms with Crippen LogP contribution in [0.15, 0.2) is 36.9 Å². The predicted octanol–water partition coefficient (Wildman–Crippen LogP) is 3.19. The van der Waals surface area contributed by atoms with Crippen LogP contribution in [0.5, 0.6) is 0 Å². The van der Waals surface area contributed by atoms with Crippen LogP contribution in [0.2, 0.25) is 5.02 Å². The molecule has 2 aromatic rings. The van der Waals surface area contributed by atoms with Gasteiger partial charge in [0.15, 0.2) is 0 Å². The van der Waals surface area contributed by atoms with E-state index in [1.165, 1.54) is 35.8 Å². The van der Waals surface area contributed by atoms with Crippen LogP contribution in [0.1, 0.15) is 27.2 Å². The van der Waals surface area contributed by atoms with Crippen molar-refractivity contribution in [2.45, 2.75) is 19.1 Å². The fourth-order valence-electron chi connectivity index (χ4n) is 2.87. The standard InChI is InChI=1S/C17H15ClF3N5O/c18-14-11(2-1-3-12(14)17(19,20)21)16(27)26-7-4-10-13(8-26)24-9-25-15(10)23-6-5-22/h1-3,5-6,9H,4,7-8,22H2,(H,23,24,25)/b6-5-. The zero-order valence-corrected chi connectivity index (χ0v) is 14.7. The Bertz CT molecular complexity index is 901. The average molecular weight is 398 g/mol. The highest BCUT2D eigenvalue weighted by Gasteiger charge is 2.35. The first-order valence-electron chi connectivity index (χ1n) is 7.94. The average Bonchev–Trinajstić information content (AvgIpc) is 2.64. The van der Waals surface area contributed by atoms with Crippen molar-refractivity contribution < 1.29 is 18.0 Å². The second-order valence-electron chi connectivity index (χ2n) is 5.79. The first-order valence-corrected chi connectivity index (χ1v) is 8.31. The van der Waals surface area contributed by atoms with E-state index in [0.29, 0.717) is 24.5 Å². The number of nitrogens with zero attached hydrogens (tertiary/aromatic N) is 3. The summed E-state index contributed by atoms with van der Waals surface area (Å²) in [6, 6.07) is 3.30. The van der Waals surface area contributed by atoms with Crippen LogP contribution >= 0.6 is 11.6 Å². The molecule has 3 rings (SSSR count). The van der Waals surface area contributed by atoms with Crippen LogP contribution in [-0.4, -0.2) is 27.3 Å². The van der Waals surface area contributed by atoms with Crippen molar-refractivity contribution in [1.82, 2.24) is 14.9 Å². The van der Waals surface area contributed by atoms with E-state index in [-0.39, 0.29) is 12.1 Å². The van der Waals surface area contributed by atoms with E-state index in [2.05, 4.69) is 15.3 Å². The molecule has 142 valence electrons. The lowest BCUT2D eigenvalue weighted by Crippen LogP contribution is -2.37. The maximum Gasteiger partial charge on any atom is 0.417 e. The third-order valence-electron chi connectivity index (χ3n) is 4.14. The number of carbonyl (C=O) groups excluding carboxylic acids is 1. The maximum absolute atomic E-state index is 13.0. The summed E-state index contributed by atoms with van der Waals surface area (Å²) >= 11 is 5.87. The van der Waals surface area contributed by atoms with E-state index in [4.69, 9.17) is 17.3 Å². The molecular formula is C17H15ClF3N5O. The minimum atomic E-state index is -4.63. The molecule has 0 saturated heterocycles. The maximum atomic E-state index is 13.0. The molecule has 0 spiro atoms. The lowest BCUT2D eigenvalue weighted by molar-refractivity contribution is -0.137. The van der Waals surface area contributed by atoms with E-state index < -0.39 is 22.7 Å². The Balaban J connectivity index is 1.87. The molecule has 0 fully saturated rings. The number of hydrogen-bond acceptors (Lipinski definition) is 5. The topological polar surface area (TPSA) is 84.1 Å². The minimum absolute atomic E-state index is 0.143. The Morgan fingerprint density at radius 3 is 2.81 bits per heavy atom. The smallest absolute Gasteiger partial charge is 0.403 e. The van der Waals surface area contributed by atoms with Crippen molar-refractivity contribution in [3.8, 4) is 0 Å². The van der Waals surface area contributed by atoms with E-state index in [1.807, 2.05) is 0 Å². The molecule has 1 aromatic carbocycles. The lowest BCUT2D eigenvalue weighted by Gasteiger charge is -2.29. The molecule has 0 unspecified atom stereocenters. The summed E-state index contributed by atoms with van der Waals surface area (Å²) < 4.78 is 39.1. The number of benzene rings is 1. The molecule has 3 N–H and O–H groups in total. The van der Waals surface area contributed by atoms with E-state index in [0.717, 1.165) is 11.6 Å². The van der Waals surface area contributed by atoms with Gasteiger partial charge in [-0.05, 0) is 18.6 Å². The largest absolute Gasteiger partial charge is 0.417 e. The van der Waals surface area contributed by atoms with Crippen LogP contribution in [0, 0.1) is 0 Å². The first-order chi connectivity index (χ1) is 12.8. The molecule has 10 heteroatoms. The number of carbonyl (C=O) groups is 1. The first kappa shape index (κ1) is 19.0. The van der Waals surface area contributed by atoms with Gasteiger partial charge in [0.05, 0.1) is 28.4 Å². The van der Waals surface area contributed by atoms with Crippen LogP contribution in [0.4, 0.5) is 19.0 Å². The fraction of sp³-hybridized carbons (Fsp3) is 0.235. The van der Waals surface area contributed by atoms with Gasteiger partial charge in [-0.15, -0.1) is 0 Å². The Kier molecular flexibility index (Phi) is 5.22. The number of hydrogen-bond donors (Lipinski definition) is 2. The molecule has 1 amide bonds. The van der Waals surface area contributed by atoms with Gasteiger partial charge in [-0.1, -0.05) is 17.7 Å². The molecule has 1 aliphatic heterocycles. The predicted molar refractivity (Wildman–Crippen MR) is 93.9 cm³/mol. The molecule has 1 aromatic heterocycles. The zero-order valence-electron chi connectivity index (χ0n) is 13.9. The van der Waals surface area contributed by atoms with Crippen LogP contribution in [0.3, 0.4) is 0 Å². The van der Waals surface area contributed by atoms with Crippen molar-refractivity contribution in [3.63, 3.8) is 0 Å². The highest BCUT2D eigenvalue weighted by molar-refractivity contribution is 6.34. The second-order valence-corrected chi connectivity index (χ2v) is 6.17. The van der Waals surface area contributed by atoms with Gasteiger partial charge in [0.2, 0.25) is 0 Å². The van der Waals surface area contributed by atoms with Gasteiger partial charge >= 0.3 is 6.18 Å². The Hall–Kier alpha value is -2.81. The summed E-state index contributed by atoms with van der Waals surface area (Å²) in [6.45, 7) is 0.442. The van der Waals surface area contributed by atoms with Crippen LogP contribution in [0.25, 0.3) is 0 Å². The number of nitrogens with one attached hydrogen (secondary N) is 1. The Morgan fingerprint density at radius 2 is 2.11 bits per heavy atom. The van der Waals surface area contributed by atoms with E-state index in [1.54, 1.807) is 0 Å². The molecule has 0 bridgehead atoms. The highest BCUT2D eigenvalue weighted by Crippen LogP contribution is 2.37. The number of nitrogens with two attached hydrogens (primary N) is 1. The molecule has 0 radical (unpaired) electrons. The molecule has 0 aliphatic carbocycles. The summed E-state index contributed by atoms with van der Waals surface area (Å²) in [7, 11) is 0. The molecule has 2 heterocycles. The number of halogens is 4. The molecule has 1 aliphatic rings. The van der Waals surface area contributed by atoms with E-state index in [9.17, 15) is 18.0 Å². The Morgan fingerprint density at radius 1 is 1.33 bits per heavy atom. The van der Waals surface area contributed by atoms with Gasteiger partial charge in [0.1, 0.15) is 12.1 Å². The molecule has 27 heavy (non-hydrogen) atoms. The number of amides is 1. The second kappa shape index (κ2) is 7.43. The normalized spacial score (nSPS) is 14.3. The molecular weight excluding hydrogens is 383 g/mol. The molecule has 0 saturated carbocycles. The van der Waals surface area contributed by atoms with Gasteiger partial charge in [0, 0.05) is 24.5 Å². The summed E-state index contributed by atoms with van der Waals surface area (Å²) in [5, 5.41) is 2.33. The van der Waals surface area contributed by atoms with Gasteiger partial charge < -0.3 is 16.0 Å². The van der Waals surface area contributed by atoms with Crippen molar-refractivity contribution >= 4 is 23.3 Å². The quantitative estimate of drug-likeness (QED) is 0.831. The van der Waals surface area contributed by atoms with Gasteiger partial charge in [-0.2, -0.15) is 13.2 Å². The number of fused-ring (bicyclic) bond motifs is 1. The van der Waals surface area contributed by atoms with E-state index >= 15 is 0 Å². The summed E-state index contributed by atoms with van der Waals surface area (Å²) in [5.74, 6) is -0.00220. The number of rotatable bonds is 3. The van der Waals surface area contributed by atoms with Gasteiger partial charge in [0.25, 0.3) is 5.91 Å². The number of alkyl halides is 3. The summed E-state index contributed by atoms with van der Waals surface area (Å²) in [6.07, 6.45) is -0.00644. The lowest BCUT2D eigenvalue weighted by atomic mass is 10.0. The number of anilines is 1. The molecule has 6 nitrogen and oxygen atoms in total. The summed E-state index contributed by atoms with van der Waals surface area (Å²) in [4.78, 5) is 22.5. The fourth-order valence-corrected chi connectivity index (χ4v) is 3.18.